The molecule has 0 amide bonds. The minimum absolute atomic E-state index is 0.290. The van der Waals surface area contributed by atoms with Crippen molar-refractivity contribution >= 4 is 11.3 Å². The van der Waals surface area contributed by atoms with Gasteiger partial charge in [-0.3, -0.25) is 4.90 Å². The van der Waals surface area contributed by atoms with Crippen molar-refractivity contribution in [2.24, 2.45) is 0 Å². The molecular formula is C17H25N3S. The molecule has 0 radical (unpaired) electrons. The Morgan fingerprint density at radius 2 is 1.90 bits per heavy atom. The molecule has 0 aliphatic rings. The smallest absolute Gasteiger partial charge is 0.0795 e. The summed E-state index contributed by atoms with van der Waals surface area (Å²) in [5.41, 5.74) is 4.40. The molecular weight excluding hydrogens is 278 g/mol. The van der Waals surface area contributed by atoms with Gasteiger partial charge in [0.25, 0.3) is 0 Å². The summed E-state index contributed by atoms with van der Waals surface area (Å²) in [6, 6.07) is 11.5. The summed E-state index contributed by atoms with van der Waals surface area (Å²) in [6.45, 7) is 9.68. The fourth-order valence-corrected chi connectivity index (χ4v) is 3.27. The topological polar surface area (TPSA) is 28.2 Å². The average molecular weight is 303 g/mol. The lowest BCUT2D eigenvalue weighted by Gasteiger charge is -2.31. The zero-order valence-electron chi connectivity index (χ0n) is 13.1. The molecule has 21 heavy (non-hydrogen) atoms. The van der Waals surface area contributed by atoms with Crippen LogP contribution in [0.3, 0.4) is 0 Å². The normalized spacial score (nSPS) is 14.3. The van der Waals surface area contributed by atoms with Gasteiger partial charge in [-0.15, -0.1) is 11.3 Å². The predicted octanol–water partition coefficient (Wildman–Crippen LogP) is 3.88. The first-order valence-corrected chi connectivity index (χ1v) is 8.61. The van der Waals surface area contributed by atoms with Crippen LogP contribution in [0.15, 0.2) is 41.2 Å². The second-order valence-corrected chi connectivity index (χ2v) is 5.91. The minimum atomic E-state index is 0.290. The molecule has 0 fully saturated rings. The molecule has 0 aliphatic carbocycles. The Labute approximate surface area is 132 Å². The first-order valence-electron chi connectivity index (χ1n) is 7.66. The largest absolute Gasteiger partial charge is 0.307 e. The summed E-state index contributed by atoms with van der Waals surface area (Å²) < 4.78 is 0. The van der Waals surface area contributed by atoms with Crippen LogP contribution in [0.2, 0.25) is 0 Å². The molecule has 0 spiro atoms. The van der Waals surface area contributed by atoms with E-state index in [2.05, 4.69) is 71.7 Å². The number of hydrogen-bond acceptors (Lipinski definition) is 4. The van der Waals surface area contributed by atoms with Crippen LogP contribution >= 0.6 is 11.3 Å². The standard InChI is InChI=1S/C17H25N3S/c1-4-20(5-2)17(15-9-7-6-8-10-15)11-18-14(3)16-12-21-13-19-16/h6-10,12-14,17-18H,4-5,11H2,1-3H3. The highest BCUT2D eigenvalue weighted by Crippen LogP contribution is 2.21. The molecule has 3 nitrogen and oxygen atoms in total. The van der Waals surface area contributed by atoms with Crippen LogP contribution in [0.1, 0.15) is 44.1 Å². The van der Waals surface area contributed by atoms with Gasteiger partial charge in [-0.25, -0.2) is 4.98 Å². The molecule has 4 heteroatoms. The molecule has 1 aromatic carbocycles. The van der Waals surface area contributed by atoms with E-state index in [-0.39, 0.29) is 6.04 Å². The van der Waals surface area contributed by atoms with Gasteiger partial charge in [0.15, 0.2) is 0 Å². The highest BCUT2D eigenvalue weighted by molar-refractivity contribution is 7.07. The van der Waals surface area contributed by atoms with Gasteiger partial charge in [-0.2, -0.15) is 0 Å². The van der Waals surface area contributed by atoms with Crippen LogP contribution in [0.25, 0.3) is 0 Å². The summed E-state index contributed by atoms with van der Waals surface area (Å²) in [7, 11) is 0. The second-order valence-electron chi connectivity index (χ2n) is 5.19. The zero-order valence-corrected chi connectivity index (χ0v) is 13.9. The molecule has 2 atom stereocenters. The Morgan fingerprint density at radius 3 is 2.48 bits per heavy atom. The van der Waals surface area contributed by atoms with E-state index >= 15 is 0 Å². The maximum Gasteiger partial charge on any atom is 0.0795 e. The van der Waals surface area contributed by atoms with Crippen LogP contribution in [0.4, 0.5) is 0 Å². The van der Waals surface area contributed by atoms with Gasteiger partial charge in [0, 0.05) is 24.0 Å². The monoisotopic (exact) mass is 303 g/mol. The molecule has 2 unspecified atom stereocenters. The molecule has 0 saturated heterocycles. The number of likely N-dealkylation sites (N-methyl/N-ethyl adjacent to an activating group) is 1. The molecule has 0 saturated carbocycles. The van der Waals surface area contributed by atoms with Gasteiger partial charge in [-0.1, -0.05) is 44.2 Å². The van der Waals surface area contributed by atoms with E-state index in [9.17, 15) is 0 Å². The lowest BCUT2D eigenvalue weighted by molar-refractivity contribution is 0.209. The van der Waals surface area contributed by atoms with Crippen molar-refractivity contribution in [1.82, 2.24) is 15.2 Å². The highest BCUT2D eigenvalue weighted by Gasteiger charge is 2.19. The Morgan fingerprint density at radius 1 is 1.19 bits per heavy atom. The quantitative estimate of drug-likeness (QED) is 0.802. The summed E-state index contributed by atoms with van der Waals surface area (Å²) in [6.07, 6.45) is 0. The summed E-state index contributed by atoms with van der Waals surface area (Å²) in [4.78, 5) is 6.89. The van der Waals surface area contributed by atoms with Gasteiger partial charge in [0.05, 0.1) is 11.2 Å². The van der Waals surface area contributed by atoms with Crippen molar-refractivity contribution in [2.45, 2.75) is 32.9 Å². The van der Waals surface area contributed by atoms with Gasteiger partial charge in [0.1, 0.15) is 0 Å². The van der Waals surface area contributed by atoms with Crippen LogP contribution in [0.5, 0.6) is 0 Å². The first-order chi connectivity index (χ1) is 10.3. The number of nitrogens with one attached hydrogen (secondary N) is 1. The molecule has 0 aliphatic heterocycles. The van der Waals surface area contributed by atoms with E-state index < -0.39 is 0 Å². The molecule has 1 N–H and O–H groups in total. The molecule has 2 aromatic rings. The second kappa shape index (κ2) is 8.27. The van der Waals surface area contributed by atoms with Gasteiger partial charge in [-0.05, 0) is 25.6 Å². The molecule has 114 valence electrons. The van der Waals surface area contributed by atoms with Crippen molar-refractivity contribution in [3.8, 4) is 0 Å². The van der Waals surface area contributed by atoms with E-state index in [1.165, 1.54) is 5.56 Å². The van der Waals surface area contributed by atoms with Crippen molar-refractivity contribution in [3.05, 3.63) is 52.5 Å². The van der Waals surface area contributed by atoms with Crippen molar-refractivity contribution in [3.63, 3.8) is 0 Å². The maximum absolute atomic E-state index is 4.39. The Hall–Kier alpha value is -1.23. The number of rotatable bonds is 8. The SMILES string of the molecule is CCN(CC)C(CNC(C)c1cscn1)c1ccccc1. The van der Waals surface area contributed by atoms with E-state index in [1.807, 2.05) is 5.51 Å². The molecule has 1 heterocycles. The van der Waals surface area contributed by atoms with Crippen LogP contribution in [-0.2, 0) is 0 Å². The minimum Gasteiger partial charge on any atom is -0.307 e. The lowest BCUT2D eigenvalue weighted by atomic mass is 10.0. The third kappa shape index (κ3) is 4.37. The Bertz CT molecular complexity index is 494. The number of aromatic nitrogens is 1. The van der Waals surface area contributed by atoms with Gasteiger partial charge >= 0.3 is 0 Å². The first kappa shape index (κ1) is 16.1. The van der Waals surface area contributed by atoms with Gasteiger partial charge < -0.3 is 5.32 Å². The fraction of sp³-hybridized carbons (Fsp3) is 0.471. The van der Waals surface area contributed by atoms with Crippen LogP contribution in [0, 0.1) is 0 Å². The van der Waals surface area contributed by atoms with E-state index in [1.54, 1.807) is 11.3 Å². The zero-order chi connectivity index (χ0) is 15.1. The number of nitrogens with zero attached hydrogens (tertiary/aromatic N) is 2. The molecule has 0 bridgehead atoms. The number of thiazole rings is 1. The summed E-state index contributed by atoms with van der Waals surface area (Å²) >= 11 is 1.65. The highest BCUT2D eigenvalue weighted by atomic mass is 32.1. The summed E-state index contributed by atoms with van der Waals surface area (Å²) in [5.74, 6) is 0. The number of hydrogen-bond donors (Lipinski definition) is 1. The van der Waals surface area contributed by atoms with E-state index in [0.29, 0.717) is 6.04 Å². The van der Waals surface area contributed by atoms with Crippen LogP contribution < -0.4 is 5.32 Å². The van der Waals surface area contributed by atoms with Crippen LogP contribution in [-0.4, -0.2) is 29.5 Å². The van der Waals surface area contributed by atoms with Crippen molar-refractivity contribution in [2.75, 3.05) is 19.6 Å². The van der Waals surface area contributed by atoms with Crippen molar-refractivity contribution < 1.29 is 0 Å². The average Bonchev–Trinajstić information content (AvgIpc) is 3.06. The number of benzene rings is 1. The third-order valence-electron chi connectivity index (χ3n) is 3.95. The van der Waals surface area contributed by atoms with Gasteiger partial charge in [0.2, 0.25) is 0 Å². The maximum atomic E-state index is 4.39. The lowest BCUT2D eigenvalue weighted by Crippen LogP contribution is -2.36. The Balaban J connectivity index is 2.06. The summed E-state index contributed by atoms with van der Waals surface area (Å²) in [5, 5.41) is 5.75. The van der Waals surface area contributed by atoms with E-state index in [0.717, 1.165) is 25.3 Å². The Kier molecular flexibility index (Phi) is 6.36. The fourth-order valence-electron chi connectivity index (χ4n) is 2.63. The van der Waals surface area contributed by atoms with Crippen molar-refractivity contribution in [1.29, 1.82) is 0 Å². The molecule has 1 aromatic heterocycles. The third-order valence-corrected chi connectivity index (χ3v) is 4.55. The molecule has 2 rings (SSSR count). The predicted molar refractivity (Wildman–Crippen MR) is 90.6 cm³/mol. The van der Waals surface area contributed by atoms with E-state index in [4.69, 9.17) is 0 Å².